The van der Waals surface area contributed by atoms with Crippen molar-refractivity contribution in [2.75, 3.05) is 24.5 Å². The number of benzene rings is 1. The Kier molecular flexibility index (Phi) is 6.27. The zero-order valence-electron chi connectivity index (χ0n) is 16.1. The second-order valence-electron chi connectivity index (χ2n) is 6.99. The fourth-order valence-corrected chi connectivity index (χ4v) is 3.76. The molecule has 3 rings (SSSR count). The fourth-order valence-electron chi connectivity index (χ4n) is 3.76. The number of H-pyrrole nitrogens is 1. The molecular weight excluding hydrogens is 340 g/mol. The van der Waals surface area contributed by atoms with Crippen LogP contribution in [0.25, 0.3) is 0 Å². The Labute approximate surface area is 160 Å². The first-order chi connectivity index (χ1) is 13.2. The molecule has 0 unspecified atom stereocenters. The second-order valence-corrected chi connectivity index (χ2v) is 6.99. The Balaban J connectivity index is 1.73. The SMILES string of the molecule is CCCC(=O)N1CCC(c2[nH]ncc2C(=O)N(CC)c2ccccc2)CC1. The zero-order valence-corrected chi connectivity index (χ0v) is 16.1. The van der Waals surface area contributed by atoms with Crippen molar-refractivity contribution in [3.8, 4) is 0 Å². The number of amides is 2. The quantitative estimate of drug-likeness (QED) is 0.847. The van der Waals surface area contributed by atoms with Crippen molar-refractivity contribution < 1.29 is 9.59 Å². The molecular formula is C21H28N4O2. The molecule has 1 aliphatic rings. The molecule has 0 bridgehead atoms. The van der Waals surface area contributed by atoms with Gasteiger partial charge in [0.2, 0.25) is 5.91 Å². The highest BCUT2D eigenvalue weighted by Gasteiger charge is 2.29. The number of hydrogen-bond donors (Lipinski definition) is 1. The van der Waals surface area contributed by atoms with Gasteiger partial charge < -0.3 is 9.80 Å². The minimum absolute atomic E-state index is 0.0306. The Hall–Kier alpha value is -2.63. The van der Waals surface area contributed by atoms with Crippen LogP contribution in [-0.2, 0) is 4.79 Å². The summed E-state index contributed by atoms with van der Waals surface area (Å²) in [6, 6.07) is 9.70. The molecule has 0 aliphatic carbocycles. The molecule has 0 radical (unpaired) electrons. The molecule has 1 saturated heterocycles. The lowest BCUT2D eigenvalue weighted by atomic mass is 9.91. The van der Waals surface area contributed by atoms with E-state index in [2.05, 4.69) is 10.2 Å². The number of nitrogens with one attached hydrogen (secondary N) is 1. The van der Waals surface area contributed by atoms with E-state index < -0.39 is 0 Å². The number of rotatable bonds is 6. The summed E-state index contributed by atoms with van der Waals surface area (Å²) in [6.45, 7) is 6.08. The van der Waals surface area contributed by atoms with Crippen LogP contribution in [0.4, 0.5) is 5.69 Å². The molecule has 1 aliphatic heterocycles. The standard InChI is InChI=1S/C21H28N4O2/c1-3-8-19(26)24-13-11-16(12-14-24)20-18(15-22-23-20)21(27)25(4-2)17-9-6-5-7-10-17/h5-7,9-10,15-16H,3-4,8,11-14H2,1-2H3,(H,22,23). The van der Waals surface area contributed by atoms with Crippen LogP contribution in [0, 0.1) is 0 Å². The predicted octanol–water partition coefficient (Wildman–Crippen LogP) is 3.58. The Morgan fingerprint density at radius 1 is 1.19 bits per heavy atom. The Morgan fingerprint density at radius 3 is 2.52 bits per heavy atom. The van der Waals surface area contributed by atoms with Gasteiger partial charge in [-0.3, -0.25) is 14.7 Å². The average molecular weight is 368 g/mol. The van der Waals surface area contributed by atoms with Crippen LogP contribution in [0.3, 0.4) is 0 Å². The van der Waals surface area contributed by atoms with Gasteiger partial charge in [0.05, 0.1) is 17.5 Å². The number of carbonyl (C=O) groups is 2. The third-order valence-electron chi connectivity index (χ3n) is 5.25. The van der Waals surface area contributed by atoms with Gasteiger partial charge in [0.1, 0.15) is 0 Å². The molecule has 1 N–H and O–H groups in total. The highest BCUT2D eigenvalue weighted by Crippen LogP contribution is 2.30. The summed E-state index contributed by atoms with van der Waals surface area (Å²) >= 11 is 0. The van der Waals surface area contributed by atoms with Crippen LogP contribution in [0.5, 0.6) is 0 Å². The maximum absolute atomic E-state index is 13.2. The average Bonchev–Trinajstić information content (AvgIpc) is 3.19. The molecule has 1 aromatic carbocycles. The Morgan fingerprint density at radius 2 is 1.89 bits per heavy atom. The van der Waals surface area contributed by atoms with E-state index in [1.165, 1.54) is 0 Å². The first kappa shape index (κ1) is 19.1. The first-order valence-electron chi connectivity index (χ1n) is 9.83. The van der Waals surface area contributed by atoms with Gasteiger partial charge in [0.25, 0.3) is 5.91 Å². The largest absolute Gasteiger partial charge is 0.343 e. The smallest absolute Gasteiger partial charge is 0.261 e. The minimum atomic E-state index is -0.0306. The number of likely N-dealkylation sites (tertiary alicyclic amines) is 1. The Bertz CT molecular complexity index is 763. The van der Waals surface area contributed by atoms with Crippen molar-refractivity contribution in [2.45, 2.75) is 45.4 Å². The van der Waals surface area contributed by atoms with E-state index in [0.717, 1.165) is 43.7 Å². The minimum Gasteiger partial charge on any atom is -0.343 e. The molecule has 27 heavy (non-hydrogen) atoms. The van der Waals surface area contributed by atoms with Crippen molar-refractivity contribution >= 4 is 17.5 Å². The molecule has 0 saturated carbocycles. The van der Waals surface area contributed by atoms with Crippen LogP contribution >= 0.6 is 0 Å². The molecule has 2 aromatic rings. The number of carbonyl (C=O) groups excluding carboxylic acids is 2. The second kappa shape index (κ2) is 8.84. The summed E-state index contributed by atoms with van der Waals surface area (Å²) in [5.41, 5.74) is 2.42. The summed E-state index contributed by atoms with van der Waals surface area (Å²) in [5.74, 6) is 0.432. The van der Waals surface area contributed by atoms with Gasteiger partial charge in [-0.15, -0.1) is 0 Å². The van der Waals surface area contributed by atoms with Crippen molar-refractivity contribution in [2.24, 2.45) is 0 Å². The van der Waals surface area contributed by atoms with E-state index in [-0.39, 0.29) is 17.7 Å². The number of hydrogen-bond acceptors (Lipinski definition) is 3. The molecule has 0 atom stereocenters. The van der Waals surface area contributed by atoms with Gasteiger partial charge in [0, 0.05) is 37.7 Å². The van der Waals surface area contributed by atoms with E-state index in [1.54, 1.807) is 11.1 Å². The predicted molar refractivity (Wildman–Crippen MR) is 106 cm³/mol. The summed E-state index contributed by atoms with van der Waals surface area (Å²) in [6.07, 6.45) is 4.84. The number of piperidine rings is 1. The molecule has 144 valence electrons. The van der Waals surface area contributed by atoms with Crippen LogP contribution < -0.4 is 4.90 Å². The maximum Gasteiger partial charge on any atom is 0.261 e. The van der Waals surface area contributed by atoms with Gasteiger partial charge in [-0.1, -0.05) is 25.1 Å². The highest BCUT2D eigenvalue weighted by atomic mass is 16.2. The van der Waals surface area contributed by atoms with Gasteiger partial charge in [0.15, 0.2) is 0 Å². The van der Waals surface area contributed by atoms with Crippen LogP contribution in [0.15, 0.2) is 36.5 Å². The van der Waals surface area contributed by atoms with Crippen LogP contribution in [-0.4, -0.2) is 46.5 Å². The lowest BCUT2D eigenvalue weighted by Crippen LogP contribution is -2.38. The lowest BCUT2D eigenvalue weighted by Gasteiger charge is -2.32. The third-order valence-corrected chi connectivity index (χ3v) is 5.25. The molecule has 0 spiro atoms. The van der Waals surface area contributed by atoms with E-state index in [9.17, 15) is 9.59 Å². The normalized spacial score (nSPS) is 15.0. The summed E-state index contributed by atoms with van der Waals surface area (Å²) < 4.78 is 0. The topological polar surface area (TPSA) is 69.3 Å². The molecule has 6 nitrogen and oxygen atoms in total. The summed E-state index contributed by atoms with van der Waals surface area (Å²) in [4.78, 5) is 29.0. The third kappa shape index (κ3) is 4.21. The van der Waals surface area contributed by atoms with Crippen molar-refractivity contribution in [3.63, 3.8) is 0 Å². The molecule has 2 amide bonds. The number of para-hydroxylation sites is 1. The van der Waals surface area contributed by atoms with Crippen molar-refractivity contribution in [3.05, 3.63) is 47.8 Å². The number of nitrogens with zero attached hydrogens (tertiary/aromatic N) is 3. The van der Waals surface area contributed by atoms with E-state index in [0.29, 0.717) is 18.5 Å². The fraction of sp³-hybridized carbons (Fsp3) is 0.476. The number of aromatic nitrogens is 2. The maximum atomic E-state index is 13.2. The molecule has 1 fully saturated rings. The van der Waals surface area contributed by atoms with Gasteiger partial charge in [-0.25, -0.2) is 0 Å². The molecule has 2 heterocycles. The lowest BCUT2D eigenvalue weighted by molar-refractivity contribution is -0.132. The van der Waals surface area contributed by atoms with E-state index in [4.69, 9.17) is 0 Å². The summed E-state index contributed by atoms with van der Waals surface area (Å²) in [7, 11) is 0. The van der Waals surface area contributed by atoms with Crippen molar-refractivity contribution in [1.29, 1.82) is 0 Å². The van der Waals surface area contributed by atoms with E-state index >= 15 is 0 Å². The van der Waals surface area contributed by atoms with Gasteiger partial charge in [-0.05, 0) is 38.3 Å². The molecule has 1 aromatic heterocycles. The van der Waals surface area contributed by atoms with Gasteiger partial charge in [-0.2, -0.15) is 5.10 Å². The molecule has 6 heteroatoms. The van der Waals surface area contributed by atoms with E-state index in [1.807, 2.05) is 49.1 Å². The monoisotopic (exact) mass is 368 g/mol. The summed E-state index contributed by atoms with van der Waals surface area (Å²) in [5, 5.41) is 7.21. The van der Waals surface area contributed by atoms with Crippen LogP contribution in [0.1, 0.15) is 61.5 Å². The number of anilines is 1. The van der Waals surface area contributed by atoms with Crippen LogP contribution in [0.2, 0.25) is 0 Å². The number of aromatic amines is 1. The zero-order chi connectivity index (χ0) is 19.2. The highest BCUT2D eigenvalue weighted by molar-refractivity contribution is 6.06. The first-order valence-corrected chi connectivity index (χ1v) is 9.83. The van der Waals surface area contributed by atoms with Gasteiger partial charge >= 0.3 is 0 Å². The van der Waals surface area contributed by atoms with Crippen molar-refractivity contribution in [1.82, 2.24) is 15.1 Å².